The van der Waals surface area contributed by atoms with Crippen molar-refractivity contribution >= 4 is 22.2 Å². The molecule has 0 saturated carbocycles. The Kier molecular flexibility index (Phi) is 2.41. The largest absolute Gasteiger partial charge is 0.296 e. The van der Waals surface area contributed by atoms with Crippen LogP contribution in [0.25, 0.3) is 5.69 Å². The zero-order valence-electron chi connectivity index (χ0n) is 7.09. The van der Waals surface area contributed by atoms with Crippen LogP contribution >= 0.6 is 15.9 Å². The monoisotopic (exact) mass is 251 g/mol. The lowest BCUT2D eigenvalue weighted by molar-refractivity contribution is 0.111. The van der Waals surface area contributed by atoms with Gasteiger partial charge in [-0.2, -0.15) is 0 Å². The Morgan fingerprint density at radius 1 is 1.43 bits per heavy atom. The van der Waals surface area contributed by atoms with E-state index in [0.717, 1.165) is 10.2 Å². The third-order valence-electron chi connectivity index (χ3n) is 1.70. The van der Waals surface area contributed by atoms with Gasteiger partial charge in [0.15, 0.2) is 6.29 Å². The number of hydrogen-bond acceptors (Lipinski definition) is 3. The molecule has 0 fully saturated rings. The number of aldehydes is 1. The third-order valence-corrected chi connectivity index (χ3v) is 2.20. The van der Waals surface area contributed by atoms with Gasteiger partial charge in [0.1, 0.15) is 5.69 Å². The second kappa shape index (κ2) is 3.71. The summed E-state index contributed by atoms with van der Waals surface area (Å²) >= 11 is 3.35. The van der Waals surface area contributed by atoms with Crippen LogP contribution in [-0.2, 0) is 0 Å². The van der Waals surface area contributed by atoms with Crippen molar-refractivity contribution in [3.63, 3.8) is 0 Å². The molecule has 0 aliphatic carbocycles. The number of nitrogens with zero attached hydrogens (tertiary/aromatic N) is 3. The van der Waals surface area contributed by atoms with Crippen molar-refractivity contribution in [2.24, 2.45) is 0 Å². The van der Waals surface area contributed by atoms with Crippen LogP contribution in [0.3, 0.4) is 0 Å². The first-order chi connectivity index (χ1) is 6.79. The summed E-state index contributed by atoms with van der Waals surface area (Å²) < 4.78 is 2.51. The molecule has 0 radical (unpaired) electrons. The van der Waals surface area contributed by atoms with Gasteiger partial charge >= 0.3 is 0 Å². The predicted molar refractivity (Wildman–Crippen MR) is 54.4 cm³/mol. The summed E-state index contributed by atoms with van der Waals surface area (Å²) in [7, 11) is 0. The lowest BCUT2D eigenvalue weighted by atomic mass is 10.3. The SMILES string of the molecule is O=Cc1cn(-c2cccc(Br)c2)nn1. The first-order valence-electron chi connectivity index (χ1n) is 3.93. The maximum atomic E-state index is 10.4. The van der Waals surface area contributed by atoms with Gasteiger partial charge in [-0.1, -0.05) is 27.2 Å². The number of hydrogen-bond donors (Lipinski definition) is 0. The molecule has 14 heavy (non-hydrogen) atoms. The van der Waals surface area contributed by atoms with Gasteiger partial charge < -0.3 is 0 Å². The van der Waals surface area contributed by atoms with Crippen molar-refractivity contribution in [2.75, 3.05) is 0 Å². The molecule has 70 valence electrons. The Morgan fingerprint density at radius 2 is 2.29 bits per heavy atom. The van der Waals surface area contributed by atoms with Gasteiger partial charge in [0.2, 0.25) is 0 Å². The lowest BCUT2D eigenvalue weighted by Crippen LogP contribution is -1.94. The predicted octanol–water partition coefficient (Wildman–Crippen LogP) is 1.84. The molecule has 2 aromatic rings. The van der Waals surface area contributed by atoms with Crippen LogP contribution in [0.15, 0.2) is 34.9 Å². The lowest BCUT2D eigenvalue weighted by Gasteiger charge is -1.98. The normalized spacial score (nSPS) is 10.1. The van der Waals surface area contributed by atoms with Crippen LogP contribution in [0.1, 0.15) is 10.5 Å². The summed E-state index contributed by atoms with van der Waals surface area (Å²) in [5, 5.41) is 7.48. The highest BCUT2D eigenvalue weighted by Crippen LogP contribution is 2.14. The summed E-state index contributed by atoms with van der Waals surface area (Å²) in [5.41, 5.74) is 1.19. The van der Waals surface area contributed by atoms with Gasteiger partial charge in [0, 0.05) is 4.47 Å². The van der Waals surface area contributed by atoms with Crippen LogP contribution in [0.4, 0.5) is 0 Å². The van der Waals surface area contributed by atoms with Crippen molar-refractivity contribution in [1.29, 1.82) is 0 Å². The molecule has 0 bridgehead atoms. The second-order valence-corrected chi connectivity index (χ2v) is 3.60. The van der Waals surface area contributed by atoms with Crippen LogP contribution in [0, 0.1) is 0 Å². The fourth-order valence-electron chi connectivity index (χ4n) is 1.08. The summed E-state index contributed by atoms with van der Waals surface area (Å²) in [6.45, 7) is 0. The van der Waals surface area contributed by atoms with Crippen molar-refractivity contribution in [2.45, 2.75) is 0 Å². The van der Waals surface area contributed by atoms with Crippen LogP contribution in [-0.4, -0.2) is 21.3 Å². The quantitative estimate of drug-likeness (QED) is 0.766. The van der Waals surface area contributed by atoms with Gasteiger partial charge in [-0.05, 0) is 18.2 Å². The van der Waals surface area contributed by atoms with E-state index in [9.17, 15) is 4.79 Å². The Hall–Kier alpha value is -1.49. The number of aromatic nitrogens is 3. The zero-order valence-corrected chi connectivity index (χ0v) is 8.68. The molecule has 4 nitrogen and oxygen atoms in total. The van der Waals surface area contributed by atoms with E-state index < -0.39 is 0 Å². The fraction of sp³-hybridized carbons (Fsp3) is 0. The summed E-state index contributed by atoms with van der Waals surface area (Å²) in [5.74, 6) is 0. The van der Waals surface area contributed by atoms with Crippen molar-refractivity contribution in [1.82, 2.24) is 15.0 Å². The topological polar surface area (TPSA) is 47.8 Å². The molecule has 0 aliphatic heterocycles. The number of benzene rings is 1. The zero-order chi connectivity index (χ0) is 9.97. The highest BCUT2D eigenvalue weighted by molar-refractivity contribution is 9.10. The highest BCUT2D eigenvalue weighted by Gasteiger charge is 2.01. The van der Waals surface area contributed by atoms with E-state index in [1.807, 2.05) is 24.3 Å². The van der Waals surface area contributed by atoms with Crippen molar-refractivity contribution < 1.29 is 4.79 Å². The number of carbonyl (C=O) groups excluding carboxylic acids is 1. The van der Waals surface area contributed by atoms with Crippen LogP contribution in [0.5, 0.6) is 0 Å². The minimum absolute atomic E-state index is 0.324. The molecule has 0 saturated heterocycles. The van der Waals surface area contributed by atoms with E-state index in [-0.39, 0.29) is 0 Å². The Labute approximate surface area is 88.7 Å². The standard InChI is InChI=1S/C9H6BrN3O/c10-7-2-1-3-9(4-7)13-5-8(6-14)11-12-13/h1-6H. The second-order valence-electron chi connectivity index (χ2n) is 2.69. The molecule has 0 spiro atoms. The minimum atomic E-state index is 0.324. The summed E-state index contributed by atoms with van der Waals surface area (Å²) in [6, 6.07) is 7.58. The molecule has 1 aromatic carbocycles. The Balaban J connectivity index is 2.43. The molecule has 0 unspecified atom stereocenters. The molecule has 0 atom stereocenters. The molecule has 0 amide bonds. The summed E-state index contributed by atoms with van der Waals surface area (Å²) in [4.78, 5) is 10.4. The van der Waals surface area contributed by atoms with Gasteiger partial charge in [0.25, 0.3) is 0 Å². The average molecular weight is 252 g/mol. The Bertz CT molecular complexity index is 467. The average Bonchev–Trinajstić information content (AvgIpc) is 2.66. The van der Waals surface area contributed by atoms with E-state index in [4.69, 9.17) is 0 Å². The maximum Gasteiger partial charge on any atom is 0.171 e. The first-order valence-corrected chi connectivity index (χ1v) is 4.72. The van der Waals surface area contributed by atoms with E-state index in [0.29, 0.717) is 12.0 Å². The van der Waals surface area contributed by atoms with E-state index >= 15 is 0 Å². The molecule has 1 aromatic heterocycles. The molecule has 1 heterocycles. The molecule has 5 heteroatoms. The molecule has 0 N–H and O–H groups in total. The maximum absolute atomic E-state index is 10.4. The first kappa shape index (κ1) is 9.08. The molecule has 0 aliphatic rings. The summed E-state index contributed by atoms with van der Waals surface area (Å²) in [6.07, 6.45) is 2.25. The highest BCUT2D eigenvalue weighted by atomic mass is 79.9. The van der Waals surface area contributed by atoms with E-state index in [1.54, 1.807) is 10.9 Å². The van der Waals surface area contributed by atoms with Gasteiger partial charge in [-0.3, -0.25) is 4.79 Å². The smallest absolute Gasteiger partial charge is 0.171 e. The fourth-order valence-corrected chi connectivity index (χ4v) is 1.46. The Morgan fingerprint density at radius 3 is 2.93 bits per heavy atom. The van der Waals surface area contributed by atoms with E-state index in [2.05, 4.69) is 26.2 Å². The van der Waals surface area contributed by atoms with Crippen molar-refractivity contribution in [3.8, 4) is 5.69 Å². The molecular formula is C9H6BrN3O. The third kappa shape index (κ3) is 1.72. The molecule has 2 rings (SSSR count). The number of halogens is 1. The minimum Gasteiger partial charge on any atom is -0.296 e. The van der Waals surface area contributed by atoms with Gasteiger partial charge in [-0.15, -0.1) is 5.10 Å². The van der Waals surface area contributed by atoms with Crippen molar-refractivity contribution in [3.05, 3.63) is 40.6 Å². The van der Waals surface area contributed by atoms with E-state index in [1.165, 1.54) is 0 Å². The van der Waals surface area contributed by atoms with Gasteiger partial charge in [0.05, 0.1) is 11.9 Å². The van der Waals surface area contributed by atoms with Gasteiger partial charge in [-0.25, -0.2) is 4.68 Å². The number of rotatable bonds is 2. The van der Waals surface area contributed by atoms with Crippen LogP contribution in [0.2, 0.25) is 0 Å². The van der Waals surface area contributed by atoms with Crippen LogP contribution < -0.4 is 0 Å². The number of carbonyl (C=O) groups is 1. The molecular weight excluding hydrogens is 246 g/mol.